The molecule has 0 spiro atoms. The van der Waals surface area contributed by atoms with Crippen molar-refractivity contribution in [1.29, 1.82) is 0 Å². The summed E-state index contributed by atoms with van der Waals surface area (Å²) in [6.45, 7) is 2.85. The number of nitrogens with zero attached hydrogens (tertiary/aromatic N) is 1. The quantitative estimate of drug-likeness (QED) is 0.748. The van der Waals surface area contributed by atoms with Crippen molar-refractivity contribution in [2.75, 3.05) is 13.1 Å². The summed E-state index contributed by atoms with van der Waals surface area (Å²) in [5.41, 5.74) is 5.59. The van der Waals surface area contributed by atoms with E-state index in [0.717, 1.165) is 25.7 Å². The average Bonchev–Trinajstić information content (AvgIpc) is 2.35. The molecule has 0 aliphatic carbocycles. The summed E-state index contributed by atoms with van der Waals surface area (Å²) in [6.07, 6.45) is 3.95. The lowest BCUT2D eigenvalue weighted by atomic mass is 9.96. The second kappa shape index (κ2) is 6.59. The number of carbonyl (C=O) groups excluding carboxylic acids is 1. The molecule has 1 saturated heterocycles. The monoisotopic (exact) mass is 242 g/mol. The van der Waals surface area contributed by atoms with E-state index in [1.807, 2.05) is 6.92 Å². The van der Waals surface area contributed by atoms with Gasteiger partial charge in [0.1, 0.15) is 6.04 Å². The standard InChI is InChI=1S/C12H22N2O3/c1-2-5-9(8-13)11(15)14-7-4-3-6-10(14)12(16)17/h9-10H,2-8,13H2,1H3,(H,16,17). The first-order valence-corrected chi connectivity index (χ1v) is 6.35. The van der Waals surface area contributed by atoms with Gasteiger partial charge >= 0.3 is 5.97 Å². The Balaban J connectivity index is 2.73. The fraction of sp³-hybridized carbons (Fsp3) is 0.833. The average molecular weight is 242 g/mol. The van der Waals surface area contributed by atoms with Crippen LogP contribution in [0.1, 0.15) is 39.0 Å². The topological polar surface area (TPSA) is 83.6 Å². The zero-order valence-electron chi connectivity index (χ0n) is 10.4. The zero-order valence-corrected chi connectivity index (χ0v) is 10.4. The summed E-state index contributed by atoms with van der Waals surface area (Å²) in [7, 11) is 0. The highest BCUT2D eigenvalue weighted by atomic mass is 16.4. The maximum atomic E-state index is 12.2. The van der Waals surface area contributed by atoms with Crippen LogP contribution in [0.5, 0.6) is 0 Å². The van der Waals surface area contributed by atoms with Gasteiger partial charge in [0.2, 0.25) is 5.91 Å². The maximum Gasteiger partial charge on any atom is 0.326 e. The van der Waals surface area contributed by atoms with Gasteiger partial charge in [-0.1, -0.05) is 13.3 Å². The van der Waals surface area contributed by atoms with Crippen molar-refractivity contribution in [3.63, 3.8) is 0 Å². The molecule has 0 bridgehead atoms. The van der Waals surface area contributed by atoms with E-state index in [1.165, 1.54) is 4.90 Å². The molecule has 0 aromatic heterocycles. The van der Waals surface area contributed by atoms with E-state index in [-0.39, 0.29) is 11.8 Å². The molecule has 2 atom stereocenters. The molecule has 1 amide bonds. The largest absolute Gasteiger partial charge is 0.480 e. The van der Waals surface area contributed by atoms with Crippen LogP contribution in [0.3, 0.4) is 0 Å². The first-order valence-electron chi connectivity index (χ1n) is 6.35. The van der Waals surface area contributed by atoms with E-state index in [0.29, 0.717) is 19.5 Å². The molecule has 1 aliphatic rings. The van der Waals surface area contributed by atoms with Crippen molar-refractivity contribution in [2.24, 2.45) is 11.7 Å². The van der Waals surface area contributed by atoms with Crippen molar-refractivity contribution in [1.82, 2.24) is 4.90 Å². The number of carboxylic acids is 1. The van der Waals surface area contributed by atoms with Gasteiger partial charge in [-0.05, 0) is 25.7 Å². The lowest BCUT2D eigenvalue weighted by Crippen LogP contribution is -2.51. The summed E-state index contributed by atoms with van der Waals surface area (Å²) < 4.78 is 0. The van der Waals surface area contributed by atoms with Crippen LogP contribution >= 0.6 is 0 Å². The Morgan fingerprint density at radius 2 is 2.18 bits per heavy atom. The molecule has 0 saturated carbocycles. The van der Waals surface area contributed by atoms with Crippen LogP contribution in [-0.4, -0.2) is 41.0 Å². The number of likely N-dealkylation sites (tertiary alicyclic amines) is 1. The summed E-state index contributed by atoms with van der Waals surface area (Å²) >= 11 is 0. The number of carbonyl (C=O) groups is 2. The zero-order chi connectivity index (χ0) is 12.8. The molecule has 5 heteroatoms. The number of aliphatic carboxylic acids is 1. The lowest BCUT2D eigenvalue weighted by Gasteiger charge is -2.35. The van der Waals surface area contributed by atoms with Crippen LogP contribution in [0.2, 0.25) is 0 Å². The second-order valence-corrected chi connectivity index (χ2v) is 4.60. The molecular formula is C12H22N2O3. The summed E-state index contributed by atoms with van der Waals surface area (Å²) in [4.78, 5) is 24.8. The number of piperidine rings is 1. The number of rotatable bonds is 5. The van der Waals surface area contributed by atoms with Gasteiger partial charge in [0.25, 0.3) is 0 Å². The molecule has 0 aromatic carbocycles. The van der Waals surface area contributed by atoms with E-state index in [2.05, 4.69) is 0 Å². The molecule has 17 heavy (non-hydrogen) atoms. The Morgan fingerprint density at radius 1 is 1.47 bits per heavy atom. The molecule has 1 heterocycles. The number of hydrogen-bond donors (Lipinski definition) is 2. The SMILES string of the molecule is CCCC(CN)C(=O)N1CCCCC1C(=O)O. The third kappa shape index (κ3) is 3.43. The Morgan fingerprint density at radius 3 is 2.71 bits per heavy atom. The van der Waals surface area contributed by atoms with Gasteiger partial charge < -0.3 is 15.7 Å². The Bertz CT molecular complexity index is 281. The first-order chi connectivity index (χ1) is 8.11. The predicted molar refractivity (Wildman–Crippen MR) is 64.4 cm³/mol. The normalized spacial score (nSPS) is 22.2. The fourth-order valence-electron chi connectivity index (χ4n) is 2.38. The lowest BCUT2D eigenvalue weighted by molar-refractivity contribution is -0.153. The number of nitrogens with two attached hydrogens (primary N) is 1. The minimum Gasteiger partial charge on any atom is -0.480 e. The Labute approximate surface area is 102 Å². The molecule has 0 radical (unpaired) electrons. The van der Waals surface area contributed by atoms with E-state index < -0.39 is 12.0 Å². The van der Waals surface area contributed by atoms with Crippen LogP contribution in [0.15, 0.2) is 0 Å². The van der Waals surface area contributed by atoms with E-state index in [1.54, 1.807) is 0 Å². The third-order valence-electron chi connectivity index (χ3n) is 3.34. The molecular weight excluding hydrogens is 220 g/mol. The highest BCUT2D eigenvalue weighted by Gasteiger charge is 2.34. The van der Waals surface area contributed by atoms with Crippen molar-refractivity contribution in [2.45, 2.75) is 45.1 Å². The van der Waals surface area contributed by atoms with Crippen LogP contribution in [0.4, 0.5) is 0 Å². The number of amides is 1. The highest BCUT2D eigenvalue weighted by molar-refractivity contribution is 5.85. The minimum absolute atomic E-state index is 0.0820. The van der Waals surface area contributed by atoms with Crippen LogP contribution < -0.4 is 5.73 Å². The number of hydrogen-bond acceptors (Lipinski definition) is 3. The molecule has 2 unspecified atom stereocenters. The van der Waals surface area contributed by atoms with Gasteiger partial charge in [0, 0.05) is 13.1 Å². The Kier molecular flexibility index (Phi) is 5.41. The van der Waals surface area contributed by atoms with Crippen LogP contribution in [0, 0.1) is 5.92 Å². The molecule has 1 rings (SSSR count). The second-order valence-electron chi connectivity index (χ2n) is 4.60. The molecule has 3 N–H and O–H groups in total. The Hall–Kier alpha value is -1.10. The smallest absolute Gasteiger partial charge is 0.326 e. The van der Waals surface area contributed by atoms with Crippen molar-refractivity contribution in [3.8, 4) is 0 Å². The van der Waals surface area contributed by atoms with E-state index in [4.69, 9.17) is 10.8 Å². The maximum absolute atomic E-state index is 12.2. The van der Waals surface area contributed by atoms with Crippen molar-refractivity contribution < 1.29 is 14.7 Å². The summed E-state index contributed by atoms with van der Waals surface area (Å²) in [5, 5.41) is 9.12. The summed E-state index contributed by atoms with van der Waals surface area (Å²) in [6, 6.07) is -0.651. The third-order valence-corrected chi connectivity index (χ3v) is 3.34. The van der Waals surface area contributed by atoms with Crippen LogP contribution in [0.25, 0.3) is 0 Å². The first kappa shape index (κ1) is 14.0. The van der Waals surface area contributed by atoms with Gasteiger partial charge in [-0.25, -0.2) is 4.79 Å². The van der Waals surface area contributed by atoms with Crippen molar-refractivity contribution in [3.05, 3.63) is 0 Å². The molecule has 0 aromatic rings. The van der Waals surface area contributed by atoms with Gasteiger partial charge in [0.05, 0.1) is 5.92 Å². The van der Waals surface area contributed by atoms with Crippen LogP contribution in [-0.2, 0) is 9.59 Å². The summed E-state index contributed by atoms with van der Waals surface area (Å²) in [5.74, 6) is -1.20. The predicted octanol–water partition coefficient (Wildman–Crippen LogP) is 0.827. The van der Waals surface area contributed by atoms with Gasteiger partial charge in [-0.15, -0.1) is 0 Å². The van der Waals surface area contributed by atoms with Crippen molar-refractivity contribution >= 4 is 11.9 Å². The minimum atomic E-state index is -0.898. The van der Waals surface area contributed by atoms with Gasteiger partial charge in [-0.2, -0.15) is 0 Å². The fourth-order valence-corrected chi connectivity index (χ4v) is 2.38. The molecule has 1 fully saturated rings. The van der Waals surface area contributed by atoms with E-state index >= 15 is 0 Å². The van der Waals surface area contributed by atoms with Gasteiger partial charge in [0.15, 0.2) is 0 Å². The highest BCUT2D eigenvalue weighted by Crippen LogP contribution is 2.21. The number of carboxylic acid groups (broad SMARTS) is 1. The van der Waals surface area contributed by atoms with E-state index in [9.17, 15) is 9.59 Å². The molecule has 1 aliphatic heterocycles. The molecule has 5 nitrogen and oxygen atoms in total. The van der Waals surface area contributed by atoms with Gasteiger partial charge in [-0.3, -0.25) is 4.79 Å². The molecule has 98 valence electrons.